The first-order valence-corrected chi connectivity index (χ1v) is 26.2. The summed E-state index contributed by atoms with van der Waals surface area (Å²) in [5, 5.41) is 31.1. The Hall–Kier alpha value is -7.80. The molecule has 420 valence electrons. The van der Waals surface area contributed by atoms with Crippen molar-refractivity contribution in [3.05, 3.63) is 141 Å². The highest BCUT2D eigenvalue weighted by Gasteiger charge is 2.34. The van der Waals surface area contributed by atoms with Gasteiger partial charge < -0.3 is 30.2 Å². The van der Waals surface area contributed by atoms with Crippen LogP contribution in [0.1, 0.15) is 56.6 Å². The molecule has 0 atom stereocenters. The molecule has 0 radical (unpaired) electrons. The number of carbonyl (C=O) groups is 2. The number of aryl methyl sites for hydroxylation is 2. The molecule has 10 rings (SSSR count). The number of piperazine rings is 1. The van der Waals surface area contributed by atoms with Crippen molar-refractivity contribution in [2.24, 2.45) is 14.1 Å². The van der Waals surface area contributed by atoms with Gasteiger partial charge in [-0.1, -0.05) is 40.6 Å². The van der Waals surface area contributed by atoms with E-state index in [1.165, 1.54) is 45.8 Å². The smallest absolute Gasteiger partial charge is 0.370 e. The quantitative estimate of drug-likeness (QED) is 0.118. The van der Waals surface area contributed by atoms with Crippen molar-refractivity contribution in [1.29, 1.82) is 0 Å². The molecule has 8 aromatic rings. The number of hydrogen-bond donors (Lipinski definition) is 2. The van der Waals surface area contributed by atoms with Crippen molar-refractivity contribution in [1.82, 2.24) is 59.3 Å². The summed E-state index contributed by atoms with van der Waals surface area (Å²) in [6, 6.07) is 16.4. The summed E-state index contributed by atoms with van der Waals surface area (Å²) >= 11 is 12.8. The minimum atomic E-state index is -4.57. The minimum absolute atomic E-state index is 0.0546. The van der Waals surface area contributed by atoms with Gasteiger partial charge in [-0.15, -0.1) is 10.2 Å². The summed E-state index contributed by atoms with van der Waals surface area (Å²) in [6.45, 7) is 12.3. The first-order chi connectivity index (χ1) is 38.0. The fraction of sp³-hybridized carbons (Fsp3) is 0.333. The summed E-state index contributed by atoms with van der Waals surface area (Å²) in [5.41, 5.74) is 5.04. The van der Waals surface area contributed by atoms with Crippen LogP contribution >= 0.6 is 23.2 Å². The predicted molar refractivity (Wildman–Crippen MR) is 294 cm³/mol. The number of benzene rings is 4. The maximum absolute atomic E-state index is 13.8. The Morgan fingerprint density at radius 2 is 1.01 bits per heavy atom. The van der Waals surface area contributed by atoms with Gasteiger partial charge in [0.15, 0.2) is 0 Å². The molecule has 0 unspecified atom stereocenters. The molecule has 2 N–H and O–H groups in total. The van der Waals surface area contributed by atoms with E-state index >= 15 is 0 Å². The van der Waals surface area contributed by atoms with Gasteiger partial charge in [-0.2, -0.15) is 36.5 Å². The van der Waals surface area contributed by atoms with Crippen LogP contribution in [0.2, 0.25) is 10.0 Å². The lowest BCUT2D eigenvalue weighted by Gasteiger charge is -2.36. The van der Waals surface area contributed by atoms with E-state index in [-0.39, 0.29) is 22.5 Å². The van der Waals surface area contributed by atoms with Crippen molar-refractivity contribution in [2.75, 3.05) is 86.4 Å². The Morgan fingerprint density at radius 1 is 0.575 bits per heavy atom. The van der Waals surface area contributed by atoms with E-state index < -0.39 is 35.3 Å². The van der Waals surface area contributed by atoms with Crippen LogP contribution in [0.15, 0.2) is 97.6 Å². The third-order valence-electron chi connectivity index (χ3n) is 14.2. The van der Waals surface area contributed by atoms with Gasteiger partial charge in [-0.3, -0.25) is 19.0 Å². The van der Waals surface area contributed by atoms with Crippen molar-refractivity contribution >= 4 is 57.8 Å². The molecule has 4 aromatic carbocycles. The van der Waals surface area contributed by atoms with Crippen molar-refractivity contribution in [2.45, 2.75) is 39.5 Å². The molecule has 2 aliphatic rings. The number of nitrogens with zero attached hydrogens (tertiary/aromatic N) is 14. The highest BCUT2D eigenvalue weighted by atomic mass is 35.5. The molecule has 18 nitrogen and oxygen atoms in total. The van der Waals surface area contributed by atoms with Crippen LogP contribution in [0.3, 0.4) is 0 Å². The zero-order chi connectivity index (χ0) is 57.2. The van der Waals surface area contributed by atoms with Gasteiger partial charge in [0.2, 0.25) is 0 Å². The van der Waals surface area contributed by atoms with Crippen molar-refractivity contribution in [3.63, 3.8) is 0 Å². The number of amides is 2. The van der Waals surface area contributed by atoms with Crippen LogP contribution in [-0.4, -0.2) is 137 Å². The Kier molecular flexibility index (Phi) is 16.7. The molecule has 26 heteroatoms. The highest BCUT2D eigenvalue weighted by Crippen LogP contribution is 2.37. The van der Waals surface area contributed by atoms with Gasteiger partial charge >= 0.3 is 12.4 Å². The van der Waals surface area contributed by atoms with E-state index in [0.29, 0.717) is 70.4 Å². The third kappa shape index (κ3) is 12.9. The Bertz CT molecular complexity index is 3550. The largest absolute Gasteiger partial charge is 0.416 e. The molecule has 0 aliphatic carbocycles. The van der Waals surface area contributed by atoms with E-state index in [9.17, 15) is 35.9 Å². The summed E-state index contributed by atoms with van der Waals surface area (Å²) in [4.78, 5) is 34.6. The summed E-state index contributed by atoms with van der Waals surface area (Å²) in [5.74, 6) is -1.16. The molecule has 80 heavy (non-hydrogen) atoms. The average molecular weight is 1150 g/mol. The molecule has 2 fully saturated rings. The first kappa shape index (κ1) is 56.9. The Morgan fingerprint density at radius 3 is 1.43 bits per heavy atom. The molecular weight excluding hydrogens is 1090 g/mol. The maximum atomic E-state index is 13.8. The van der Waals surface area contributed by atoms with Gasteiger partial charge in [0.05, 0.1) is 57.3 Å². The molecule has 2 aliphatic heterocycles. The predicted octanol–water partition coefficient (Wildman–Crippen LogP) is 10.1. The molecule has 0 bridgehead atoms. The van der Waals surface area contributed by atoms with Gasteiger partial charge in [-0.05, 0) is 113 Å². The van der Waals surface area contributed by atoms with E-state index in [1.54, 1.807) is 46.3 Å². The summed E-state index contributed by atoms with van der Waals surface area (Å²) in [7, 11) is 5.63. The van der Waals surface area contributed by atoms with E-state index in [4.69, 9.17) is 23.2 Å². The number of likely N-dealkylation sites (N-methyl/N-ethyl adjacent to an activating group) is 2. The number of rotatable bonds is 11. The molecule has 4 aromatic heterocycles. The number of hydrogen-bond acceptors (Lipinski definition) is 12. The van der Waals surface area contributed by atoms with Crippen LogP contribution in [0.4, 0.5) is 49.1 Å². The maximum Gasteiger partial charge on any atom is 0.416 e. The SMILES string of the molecule is CCN1CCN(c2cc(NC(=O)c3ccc(Cl)c(-n4cc(-c5cnn(C)c5C)nn4)c3)cc(C(F)(F)F)c2)CC1.Cc1c(-c2cn(-c3cc(C(=O)Nc4cc(N5CCCN(C)CC5)cc(C(F)(F)F)c4)ccc3Cl)nn2)cnn1C. The van der Waals surface area contributed by atoms with Gasteiger partial charge in [-0.25, -0.2) is 9.36 Å². The molecule has 6 heterocycles. The number of anilines is 4. The van der Waals surface area contributed by atoms with Crippen molar-refractivity contribution < 1.29 is 35.9 Å². The van der Waals surface area contributed by atoms with Crippen molar-refractivity contribution in [3.8, 4) is 33.9 Å². The van der Waals surface area contributed by atoms with Gasteiger partial charge in [0.1, 0.15) is 11.4 Å². The second kappa shape index (κ2) is 23.5. The summed E-state index contributed by atoms with van der Waals surface area (Å²) < 4.78 is 88.9. The van der Waals surface area contributed by atoms with Crippen LogP contribution < -0.4 is 20.4 Å². The minimum Gasteiger partial charge on any atom is -0.370 e. The number of carbonyl (C=O) groups excluding carboxylic acids is 2. The van der Waals surface area contributed by atoms with E-state index in [0.717, 1.165) is 85.9 Å². The molecule has 2 amide bonds. The molecule has 2 saturated heterocycles. The third-order valence-corrected chi connectivity index (χ3v) is 14.8. The molecular formula is C54H56Cl2F6N16O2. The normalized spacial score (nSPS) is 14.7. The van der Waals surface area contributed by atoms with Crippen LogP contribution in [0, 0.1) is 13.8 Å². The van der Waals surface area contributed by atoms with Crippen LogP contribution in [0.25, 0.3) is 33.9 Å². The fourth-order valence-electron chi connectivity index (χ4n) is 9.26. The molecule has 0 saturated carbocycles. The number of halogens is 8. The van der Waals surface area contributed by atoms with Gasteiger partial charge in [0.25, 0.3) is 11.8 Å². The number of nitrogens with one attached hydrogen (secondary N) is 2. The Labute approximate surface area is 466 Å². The highest BCUT2D eigenvalue weighted by molar-refractivity contribution is 6.33. The zero-order valence-electron chi connectivity index (χ0n) is 44.4. The lowest BCUT2D eigenvalue weighted by molar-refractivity contribution is -0.138. The summed E-state index contributed by atoms with van der Waals surface area (Å²) in [6.07, 6.45) is -1.60. The van der Waals surface area contributed by atoms with Gasteiger partial charge in [0, 0.05) is 116 Å². The number of aromatic nitrogens is 10. The molecule has 0 spiro atoms. The monoisotopic (exact) mass is 1140 g/mol. The van der Waals surface area contributed by atoms with E-state index in [1.807, 2.05) is 44.8 Å². The lowest BCUT2D eigenvalue weighted by atomic mass is 10.1. The standard InChI is InChI=1S/2C27H28ClF3N8O/c1-17-22(15-32-37(17)3)24-16-39(35-34-24)25-11-18(5-6-23(25)28)26(40)33-20-12-19(27(29,30)31)13-21(14-20)38-8-4-7-36(2)9-10-38;1-4-37-7-9-38(10-8-37)21-13-19(27(29,30)31)12-20(14-21)33-26(40)18-5-6-23(28)25(11-18)39-16-24(34-35-39)22-15-32-36(3)17(22)2/h2*5-6,11-16H,4,7-10H2,1-3H3,(H,33,40). The second-order valence-corrected chi connectivity index (χ2v) is 20.3. The average Bonchev–Trinajstić information content (AvgIpc) is 4.24. The first-order valence-electron chi connectivity index (χ1n) is 25.4. The van der Waals surface area contributed by atoms with Crippen LogP contribution in [-0.2, 0) is 26.4 Å². The zero-order valence-corrected chi connectivity index (χ0v) is 45.9. The van der Waals surface area contributed by atoms with E-state index in [2.05, 4.69) is 58.2 Å². The fourth-order valence-corrected chi connectivity index (χ4v) is 9.67. The number of alkyl halides is 6. The van der Waals surface area contributed by atoms with Crippen LogP contribution in [0.5, 0.6) is 0 Å². The lowest BCUT2D eigenvalue weighted by Crippen LogP contribution is -2.46. The topological polar surface area (TPSA) is 168 Å². The Balaban J connectivity index is 0.000000194. The second-order valence-electron chi connectivity index (χ2n) is 19.5.